The molecule has 0 saturated heterocycles. The fourth-order valence-electron chi connectivity index (χ4n) is 9.39. The van der Waals surface area contributed by atoms with Crippen molar-refractivity contribution in [2.24, 2.45) is 0 Å². The number of benzene rings is 7. The Morgan fingerprint density at radius 1 is 0.615 bits per heavy atom. The summed E-state index contributed by atoms with van der Waals surface area (Å²) in [5.41, 5.74) is 16.0. The number of aromatic nitrogens is 4. The topological polar surface area (TPSA) is 39.8 Å². The third-order valence-electron chi connectivity index (χ3n) is 12.5. The number of fused-ring (bicyclic) bond motifs is 5. The molecule has 0 N–H and O–H groups in total. The van der Waals surface area contributed by atoms with Crippen LogP contribution >= 0.6 is 0 Å². The zero-order chi connectivity index (χ0) is 43.7. The molecule has 0 aliphatic heterocycles. The van der Waals surface area contributed by atoms with E-state index in [1.165, 1.54) is 16.7 Å². The minimum Gasteiger partial charge on any atom is -0.460 e. The second-order valence-corrected chi connectivity index (χ2v) is 18.9. The van der Waals surface area contributed by atoms with Crippen molar-refractivity contribution >= 4 is 43.8 Å². The number of nitrogens with zero attached hydrogens (tertiary/aromatic N) is 4. The standard InChI is InChI=1S/C59H48N4O.Pt/c1-58(2,3)43-34-40(33-39-27-28-48-47-20-11-13-24-51(47)63(54(48)36-39)57-56-42(29-31-60-57)30-32-64-56)35-44(37-43)61-38-62(53-26-15-14-25-52(53)61)55-45(41-17-8-7-9-18-41)21-16-22-49(55)46-19-10-12-23-50(46)59(4,5)6;/h7-32,34,37H,33H2,1-6H3;/q-2;. The molecule has 0 amide bonds. The molecule has 0 aliphatic rings. The third kappa shape index (κ3) is 7.42. The summed E-state index contributed by atoms with van der Waals surface area (Å²) < 4.78 is 12.7. The predicted molar refractivity (Wildman–Crippen MR) is 261 cm³/mol. The molecule has 0 fully saturated rings. The molecule has 11 aromatic rings. The van der Waals surface area contributed by atoms with Crippen LogP contribution in [0.3, 0.4) is 0 Å². The van der Waals surface area contributed by atoms with Crippen molar-refractivity contribution in [3.63, 3.8) is 0 Å². The minimum atomic E-state index is -0.130. The zero-order valence-electron chi connectivity index (χ0n) is 37.4. The smallest absolute Gasteiger partial charge is 0.268 e. The van der Waals surface area contributed by atoms with Crippen molar-refractivity contribution in [3.05, 3.63) is 211 Å². The Morgan fingerprint density at radius 2 is 1.34 bits per heavy atom. The normalized spacial score (nSPS) is 12.1. The first-order valence-electron chi connectivity index (χ1n) is 22.1. The molecule has 0 saturated carbocycles. The number of hydrogen-bond donors (Lipinski definition) is 0. The minimum absolute atomic E-state index is 0. The third-order valence-corrected chi connectivity index (χ3v) is 12.5. The van der Waals surface area contributed by atoms with E-state index in [2.05, 4.69) is 219 Å². The average Bonchev–Trinajstić information content (AvgIpc) is 4.03. The monoisotopic (exact) mass is 1020 g/mol. The molecular weight excluding hydrogens is 976 g/mol. The first-order chi connectivity index (χ1) is 31.0. The Kier molecular flexibility index (Phi) is 10.6. The van der Waals surface area contributed by atoms with Gasteiger partial charge in [-0.15, -0.1) is 5.39 Å². The number of para-hydroxylation sites is 4. The molecule has 4 heterocycles. The number of hydrogen-bond acceptors (Lipinski definition) is 2. The fourth-order valence-corrected chi connectivity index (χ4v) is 9.39. The van der Waals surface area contributed by atoms with Crippen LogP contribution in [0.2, 0.25) is 0 Å². The van der Waals surface area contributed by atoms with Gasteiger partial charge in [0.15, 0.2) is 11.4 Å². The second-order valence-electron chi connectivity index (χ2n) is 18.9. The van der Waals surface area contributed by atoms with Crippen molar-refractivity contribution in [1.82, 2.24) is 14.1 Å². The first kappa shape index (κ1) is 42.2. The van der Waals surface area contributed by atoms with Gasteiger partial charge in [-0.05, 0) is 74.3 Å². The summed E-state index contributed by atoms with van der Waals surface area (Å²) in [6.07, 6.45) is 8.14. The molecule has 0 unspecified atom stereocenters. The number of pyridine rings is 1. The Bertz CT molecular complexity index is 3560. The number of imidazole rings is 1. The summed E-state index contributed by atoms with van der Waals surface area (Å²) in [6, 6.07) is 64.2. The molecule has 0 spiro atoms. The van der Waals surface area contributed by atoms with Gasteiger partial charge in [0.1, 0.15) is 0 Å². The quantitative estimate of drug-likeness (QED) is 0.118. The molecule has 11 rings (SSSR count). The molecule has 322 valence electrons. The molecule has 5 nitrogen and oxygen atoms in total. The Balaban J connectivity index is 0.00000498. The Morgan fingerprint density at radius 3 is 2.15 bits per heavy atom. The van der Waals surface area contributed by atoms with E-state index in [1.54, 1.807) is 6.26 Å². The van der Waals surface area contributed by atoms with E-state index in [0.29, 0.717) is 6.42 Å². The van der Waals surface area contributed by atoms with Crippen molar-refractivity contribution in [2.75, 3.05) is 0 Å². The van der Waals surface area contributed by atoms with Gasteiger partial charge in [-0.2, -0.15) is 53.1 Å². The maximum absolute atomic E-state index is 6.02. The van der Waals surface area contributed by atoms with Gasteiger partial charge in [0.2, 0.25) is 0 Å². The molecule has 7 aromatic carbocycles. The molecule has 0 radical (unpaired) electrons. The Labute approximate surface area is 394 Å². The van der Waals surface area contributed by atoms with Crippen LogP contribution in [0, 0.1) is 18.5 Å². The van der Waals surface area contributed by atoms with Crippen LogP contribution in [0.5, 0.6) is 0 Å². The molecule has 6 heteroatoms. The largest absolute Gasteiger partial charge is 0.460 e. The zero-order valence-corrected chi connectivity index (χ0v) is 39.7. The van der Waals surface area contributed by atoms with Gasteiger partial charge in [0, 0.05) is 38.2 Å². The van der Waals surface area contributed by atoms with Gasteiger partial charge in [-0.1, -0.05) is 162 Å². The van der Waals surface area contributed by atoms with Crippen LogP contribution in [0.15, 0.2) is 175 Å². The van der Waals surface area contributed by atoms with E-state index >= 15 is 0 Å². The van der Waals surface area contributed by atoms with E-state index in [-0.39, 0.29) is 31.9 Å². The summed E-state index contributed by atoms with van der Waals surface area (Å²) in [5.74, 6) is 0.757. The van der Waals surface area contributed by atoms with Crippen molar-refractivity contribution in [3.8, 4) is 39.4 Å². The van der Waals surface area contributed by atoms with Gasteiger partial charge >= 0.3 is 0 Å². The summed E-state index contributed by atoms with van der Waals surface area (Å²) >= 11 is 0. The van der Waals surface area contributed by atoms with Crippen LogP contribution in [-0.2, 0) is 38.3 Å². The summed E-state index contributed by atoms with van der Waals surface area (Å²) in [4.78, 5) is 4.86. The molecule has 0 atom stereocenters. The average molecular weight is 1020 g/mol. The summed E-state index contributed by atoms with van der Waals surface area (Å²) in [5, 5.41) is 3.28. The van der Waals surface area contributed by atoms with Crippen molar-refractivity contribution in [2.45, 2.75) is 58.8 Å². The van der Waals surface area contributed by atoms with E-state index < -0.39 is 0 Å². The van der Waals surface area contributed by atoms with Crippen molar-refractivity contribution in [1.29, 1.82) is 0 Å². The van der Waals surface area contributed by atoms with Crippen LogP contribution in [-0.4, -0.2) is 14.1 Å². The van der Waals surface area contributed by atoms with Gasteiger partial charge in [-0.25, -0.2) is 4.98 Å². The first-order valence-corrected chi connectivity index (χ1v) is 22.1. The second kappa shape index (κ2) is 16.3. The maximum atomic E-state index is 6.02. The van der Waals surface area contributed by atoms with E-state index in [9.17, 15) is 0 Å². The molecule has 65 heavy (non-hydrogen) atoms. The van der Waals surface area contributed by atoms with E-state index in [0.717, 1.165) is 88.8 Å². The summed E-state index contributed by atoms with van der Waals surface area (Å²) in [7, 11) is 0. The van der Waals surface area contributed by atoms with Gasteiger partial charge < -0.3 is 13.6 Å². The number of furan rings is 1. The summed E-state index contributed by atoms with van der Waals surface area (Å²) in [6.45, 7) is 13.7. The van der Waals surface area contributed by atoms with Crippen LogP contribution in [0.1, 0.15) is 63.8 Å². The molecule has 0 bridgehead atoms. The van der Waals surface area contributed by atoms with Gasteiger partial charge in [-0.3, -0.25) is 4.57 Å². The van der Waals surface area contributed by atoms with E-state index in [1.807, 2.05) is 18.3 Å². The maximum Gasteiger partial charge on any atom is 0.268 e. The number of rotatable bonds is 7. The van der Waals surface area contributed by atoms with E-state index in [4.69, 9.17) is 9.40 Å². The predicted octanol–water partition coefficient (Wildman–Crippen LogP) is 14.1. The molecule has 4 aromatic heterocycles. The van der Waals surface area contributed by atoms with Crippen LogP contribution < -0.4 is 4.57 Å². The van der Waals surface area contributed by atoms with Gasteiger partial charge in [0.25, 0.3) is 6.33 Å². The Hall–Kier alpha value is -6.81. The van der Waals surface area contributed by atoms with Crippen LogP contribution in [0.25, 0.3) is 83.3 Å². The van der Waals surface area contributed by atoms with Gasteiger partial charge in [0.05, 0.1) is 23.0 Å². The molecular formula is C59H48N4OPt-2. The fraction of sp³-hybridized carbons (Fsp3) is 0.153. The SMILES string of the molecule is CC(C)(C)c1cc(Cc2[c-]c3c(cc2)c2ccccc2n3-c2nccc3ccoc23)[c-]c(-n2[c-][n+](-c3c(-c4ccccc4)cccc3-c3ccccc3C(C)(C)C)c3ccccc32)c1.[Pt]. The molecule has 0 aliphatic carbocycles. The van der Waals surface area contributed by atoms with Crippen LogP contribution in [0.4, 0.5) is 0 Å². The van der Waals surface area contributed by atoms with Crippen molar-refractivity contribution < 1.29 is 30.0 Å².